The van der Waals surface area contributed by atoms with Gasteiger partial charge in [-0.2, -0.15) is 24.4 Å². The first kappa shape index (κ1) is 84.6. The molecule has 22 nitrogen and oxygen atoms in total. The molecular formula is C51H97Br2N7O15S2. The number of Topliss-reactive ketones (excluding diaryl/α,β-unsaturated/α-hetero) is 2. The molecule has 0 spiro atoms. The minimum atomic E-state index is -0.733. The summed E-state index contributed by atoms with van der Waals surface area (Å²) in [5.74, 6) is 0.341. The van der Waals surface area contributed by atoms with Gasteiger partial charge in [0.05, 0.1) is 22.8 Å². The average molecular weight is 1270 g/mol. The SMILES string of the molecule is C.CC.CCCCC(=O)CCCCOC.CNC(=O)CCNC(=O)CBr.CNC(=O)CCNC(=O)CSCCCC(=O)NCCCOC.COCCCCC(=O)CCCS.O=C(CBr)NCCC(=O)ON1C(=O)CCC1=O. The summed E-state index contributed by atoms with van der Waals surface area (Å²) < 4.78 is 14.7. The zero-order valence-corrected chi connectivity index (χ0v) is 51.5. The van der Waals surface area contributed by atoms with Gasteiger partial charge in [-0.15, -0.1) is 5.06 Å². The number of carbonyl (C=O) groups excluding carboxylic acids is 11. The highest BCUT2D eigenvalue weighted by Gasteiger charge is 2.32. The highest BCUT2D eigenvalue weighted by molar-refractivity contribution is 9.09. The van der Waals surface area contributed by atoms with Crippen molar-refractivity contribution in [2.45, 2.75) is 150 Å². The number of hydrogen-bond donors (Lipinski definition) is 7. The zero-order chi connectivity index (χ0) is 58.6. The molecule has 1 aliphatic heterocycles. The Kier molecular flexibility index (Phi) is 73.2. The fourth-order valence-corrected chi connectivity index (χ4v) is 6.54. The van der Waals surface area contributed by atoms with Crippen molar-refractivity contribution >= 4 is 121 Å². The van der Waals surface area contributed by atoms with Crippen LogP contribution in [-0.2, 0) is 71.8 Å². The summed E-state index contributed by atoms with van der Waals surface area (Å²) in [5.41, 5.74) is 0. The Morgan fingerprint density at radius 3 is 1.38 bits per heavy atom. The van der Waals surface area contributed by atoms with E-state index in [4.69, 9.17) is 14.2 Å². The van der Waals surface area contributed by atoms with Crippen molar-refractivity contribution in [2.24, 2.45) is 0 Å². The molecule has 1 fully saturated rings. The largest absolute Gasteiger partial charge is 0.385 e. The van der Waals surface area contributed by atoms with Gasteiger partial charge >= 0.3 is 5.97 Å². The lowest BCUT2D eigenvalue weighted by Crippen LogP contribution is -2.34. The van der Waals surface area contributed by atoms with Crippen LogP contribution in [0.1, 0.15) is 150 Å². The standard InChI is InChI=1S/C14H27N3O4S.C10H20O2.C9H11BrN2O5.C9H18O2S.C6H11BrN2O2.C2H6.CH4/c1-15-12(18)6-8-17-14(20)11-22-10-3-5-13(19)16-7-4-9-21-2;1-3-4-7-10(11)8-5-6-9-12-2;10-5-6(13)11-4-3-9(16)17-12-7(14)1-2-8(12)15;1-11-7-3-2-5-9(10)6-4-8-12;1-8-5(10)2-3-9-6(11)4-7;1-2;/h3-11H2,1-2H3,(H,15,18)(H,16,19)(H,17,20);3-9H2,1-2H3;1-5H2,(H,11,13);12H,2-8H2,1H3;2-4H2,1H3,(H,8,10)(H,9,11);1-2H3;1H4. The van der Waals surface area contributed by atoms with Gasteiger partial charge in [-0.3, -0.25) is 47.9 Å². The maximum Gasteiger partial charge on any atom is 0.334 e. The van der Waals surface area contributed by atoms with Crippen LogP contribution in [0.25, 0.3) is 0 Å². The third-order valence-corrected chi connectivity index (χ3v) is 11.7. The van der Waals surface area contributed by atoms with Crippen molar-refractivity contribution in [2.75, 3.05) is 109 Å². The van der Waals surface area contributed by atoms with E-state index in [1.54, 1.807) is 35.4 Å². The van der Waals surface area contributed by atoms with E-state index < -0.39 is 17.8 Å². The molecule has 0 radical (unpaired) electrons. The first-order valence-corrected chi connectivity index (χ1v) is 29.8. The second-order valence-electron chi connectivity index (χ2n) is 15.7. The van der Waals surface area contributed by atoms with E-state index >= 15 is 0 Å². The predicted octanol–water partition coefficient (Wildman–Crippen LogP) is 5.34. The minimum absolute atomic E-state index is 0. The summed E-state index contributed by atoms with van der Waals surface area (Å²) in [4.78, 5) is 126. The van der Waals surface area contributed by atoms with Gasteiger partial charge in [0.25, 0.3) is 11.8 Å². The minimum Gasteiger partial charge on any atom is -0.385 e. The maximum atomic E-state index is 11.5. The third kappa shape index (κ3) is 66.5. The van der Waals surface area contributed by atoms with E-state index in [0.29, 0.717) is 74.3 Å². The molecule has 0 bridgehead atoms. The van der Waals surface area contributed by atoms with E-state index in [0.717, 1.165) is 95.3 Å². The molecule has 0 atom stereocenters. The van der Waals surface area contributed by atoms with Crippen molar-refractivity contribution in [1.29, 1.82) is 0 Å². The molecule has 0 aromatic carbocycles. The lowest BCUT2D eigenvalue weighted by molar-refractivity contribution is -0.197. The molecule has 452 valence electrons. The molecule has 1 heterocycles. The number of hydroxylamine groups is 2. The summed E-state index contributed by atoms with van der Waals surface area (Å²) >= 11 is 11.5. The van der Waals surface area contributed by atoms with Crippen LogP contribution >= 0.6 is 56.3 Å². The van der Waals surface area contributed by atoms with Gasteiger partial charge in [-0.05, 0) is 62.9 Å². The van der Waals surface area contributed by atoms with Gasteiger partial charge in [0.2, 0.25) is 35.4 Å². The Morgan fingerprint density at radius 1 is 0.532 bits per heavy atom. The highest BCUT2D eigenvalue weighted by Crippen LogP contribution is 2.12. The molecule has 0 aliphatic carbocycles. The molecule has 1 saturated heterocycles. The molecule has 1 rings (SSSR count). The summed E-state index contributed by atoms with van der Waals surface area (Å²) in [6, 6.07) is 0. The molecule has 8 amide bonds. The number of ketones is 2. The van der Waals surface area contributed by atoms with E-state index in [2.05, 4.69) is 88.2 Å². The normalized spacial score (nSPS) is 10.7. The van der Waals surface area contributed by atoms with E-state index in [9.17, 15) is 52.7 Å². The fraction of sp³-hybridized carbons (Fsp3) is 0.784. The second-order valence-corrected chi connectivity index (χ2v) is 18.4. The van der Waals surface area contributed by atoms with Crippen molar-refractivity contribution in [1.82, 2.24) is 37.0 Å². The second kappa shape index (κ2) is 66.6. The quantitative estimate of drug-likeness (QED) is 0.0178. The number of methoxy groups -OCH3 is 3. The maximum absolute atomic E-state index is 11.5. The van der Waals surface area contributed by atoms with Gasteiger partial charge in [0.1, 0.15) is 11.6 Å². The third-order valence-electron chi connectivity index (χ3n) is 9.30. The number of hydrogen-bond acceptors (Lipinski definition) is 17. The number of alkyl halides is 2. The first-order chi connectivity index (χ1) is 36.5. The van der Waals surface area contributed by atoms with Crippen LogP contribution < -0.4 is 31.9 Å². The number of imide groups is 1. The topological polar surface area (TPSA) is 300 Å². The number of thioether (sulfide) groups is 1. The fourth-order valence-electron chi connectivity index (χ4n) is 5.21. The summed E-state index contributed by atoms with van der Waals surface area (Å²) in [6.45, 7) is 9.77. The lowest BCUT2D eigenvalue weighted by Gasteiger charge is -2.12. The summed E-state index contributed by atoms with van der Waals surface area (Å²) in [6.07, 6.45) is 12.6. The van der Waals surface area contributed by atoms with E-state index in [1.165, 1.54) is 11.8 Å². The molecule has 0 aromatic rings. The molecular weight excluding hydrogens is 1170 g/mol. The number of amides is 8. The molecule has 0 aromatic heterocycles. The van der Waals surface area contributed by atoms with E-state index in [1.807, 2.05) is 13.8 Å². The van der Waals surface area contributed by atoms with Crippen LogP contribution in [0.2, 0.25) is 0 Å². The number of nitrogens with one attached hydrogen (secondary N) is 6. The van der Waals surface area contributed by atoms with E-state index in [-0.39, 0.29) is 85.8 Å². The molecule has 26 heteroatoms. The Morgan fingerprint density at radius 2 is 0.948 bits per heavy atom. The number of unbranched alkanes of at least 4 members (excludes halogenated alkanes) is 3. The number of thiol groups is 1. The van der Waals surface area contributed by atoms with Crippen molar-refractivity contribution in [3.63, 3.8) is 0 Å². The van der Waals surface area contributed by atoms with Crippen LogP contribution in [0.15, 0.2) is 0 Å². The molecule has 77 heavy (non-hydrogen) atoms. The smallest absolute Gasteiger partial charge is 0.334 e. The van der Waals surface area contributed by atoms with Crippen LogP contribution in [0.5, 0.6) is 0 Å². The number of nitrogens with zero attached hydrogens (tertiary/aromatic N) is 1. The van der Waals surface area contributed by atoms with Crippen LogP contribution in [0, 0.1) is 0 Å². The molecule has 6 N–H and O–H groups in total. The number of rotatable bonds is 38. The van der Waals surface area contributed by atoms with Gasteiger partial charge in [0, 0.05) is 139 Å². The molecule has 1 aliphatic rings. The lowest BCUT2D eigenvalue weighted by atomic mass is 10.1. The van der Waals surface area contributed by atoms with Gasteiger partial charge < -0.3 is 50.9 Å². The number of carbonyl (C=O) groups is 11. The monoisotopic (exact) mass is 1270 g/mol. The van der Waals surface area contributed by atoms with Crippen LogP contribution in [-0.4, -0.2) is 179 Å². The van der Waals surface area contributed by atoms with Crippen molar-refractivity contribution in [3.8, 4) is 0 Å². The van der Waals surface area contributed by atoms with Gasteiger partial charge in [0.15, 0.2) is 0 Å². The Labute approximate surface area is 486 Å². The highest BCUT2D eigenvalue weighted by atomic mass is 79.9. The zero-order valence-electron chi connectivity index (χ0n) is 46.6. The Bertz CT molecular complexity index is 1520. The Balaban J connectivity index is -0.000000207. The predicted molar refractivity (Wildman–Crippen MR) is 314 cm³/mol. The Hall–Kier alpha value is -3.69. The number of ether oxygens (including phenoxy) is 3. The molecule has 0 saturated carbocycles. The number of halogens is 2. The van der Waals surface area contributed by atoms with Crippen molar-refractivity contribution in [3.05, 3.63) is 0 Å². The summed E-state index contributed by atoms with van der Waals surface area (Å²) in [5, 5.41) is 16.3. The van der Waals surface area contributed by atoms with Crippen molar-refractivity contribution < 1.29 is 71.8 Å². The van der Waals surface area contributed by atoms with Gasteiger partial charge in [-0.1, -0.05) is 66.5 Å². The first-order valence-electron chi connectivity index (χ1n) is 25.8. The average Bonchev–Trinajstić information content (AvgIpc) is 3.73. The van der Waals surface area contributed by atoms with Gasteiger partial charge in [-0.25, -0.2) is 4.79 Å². The van der Waals surface area contributed by atoms with Crippen LogP contribution in [0.3, 0.4) is 0 Å². The summed E-state index contributed by atoms with van der Waals surface area (Å²) in [7, 11) is 8.14. The molecule has 0 unspecified atom stereocenters. The van der Waals surface area contributed by atoms with Crippen LogP contribution in [0.4, 0.5) is 0 Å².